The predicted octanol–water partition coefficient (Wildman–Crippen LogP) is 3.75. The molecule has 0 aliphatic carbocycles. The number of fused-ring (bicyclic) bond motifs is 1. The quantitative estimate of drug-likeness (QED) is 0.791. The molecule has 1 heterocycles. The average Bonchev–Trinajstić information content (AvgIpc) is 2.82. The van der Waals surface area contributed by atoms with E-state index in [1.165, 1.54) is 10.1 Å². The summed E-state index contributed by atoms with van der Waals surface area (Å²) < 4.78 is 6.49. The molecule has 17 heavy (non-hydrogen) atoms. The van der Waals surface area contributed by atoms with Crippen LogP contribution >= 0.6 is 11.3 Å². The van der Waals surface area contributed by atoms with Gasteiger partial charge in [0.15, 0.2) is 0 Å². The lowest BCUT2D eigenvalue weighted by Gasteiger charge is -2.11. The summed E-state index contributed by atoms with van der Waals surface area (Å²) in [5.74, 6) is 0. The van der Waals surface area contributed by atoms with Crippen LogP contribution in [0.4, 0.5) is 0 Å². The van der Waals surface area contributed by atoms with Gasteiger partial charge in [0.25, 0.3) is 0 Å². The fourth-order valence-electron chi connectivity index (χ4n) is 1.96. The number of rotatable bonds is 6. The lowest BCUT2D eigenvalue weighted by molar-refractivity contribution is 0.115. The molecule has 0 saturated carbocycles. The maximum absolute atomic E-state index is 10.2. The van der Waals surface area contributed by atoms with Gasteiger partial charge in [0.2, 0.25) is 0 Å². The van der Waals surface area contributed by atoms with Crippen LogP contribution in [-0.2, 0) is 4.74 Å². The normalized spacial score (nSPS) is 13.1. The second-order valence-electron chi connectivity index (χ2n) is 4.04. The van der Waals surface area contributed by atoms with Crippen LogP contribution in [0.2, 0.25) is 0 Å². The van der Waals surface area contributed by atoms with Crippen molar-refractivity contribution in [1.82, 2.24) is 0 Å². The zero-order chi connectivity index (χ0) is 12.1. The number of aliphatic hydroxyl groups excluding tert-OH is 1. The Labute approximate surface area is 106 Å². The standard InChI is InChI=1S/C14H18O2S/c1-2-16-9-4-7-13(15)12-6-3-5-11-8-10-17-14(11)12/h3,5-6,8,10,13,15H,2,4,7,9H2,1H3. The molecule has 0 spiro atoms. The topological polar surface area (TPSA) is 29.5 Å². The molecule has 2 nitrogen and oxygen atoms in total. The molecule has 0 radical (unpaired) electrons. The van der Waals surface area contributed by atoms with Crippen molar-refractivity contribution in [3.63, 3.8) is 0 Å². The number of thiophene rings is 1. The van der Waals surface area contributed by atoms with Crippen LogP contribution in [0.5, 0.6) is 0 Å². The third kappa shape index (κ3) is 3.06. The molecule has 0 amide bonds. The molecule has 1 atom stereocenters. The highest BCUT2D eigenvalue weighted by molar-refractivity contribution is 7.17. The lowest BCUT2D eigenvalue weighted by atomic mass is 10.0. The van der Waals surface area contributed by atoms with Crippen molar-refractivity contribution in [1.29, 1.82) is 0 Å². The fourth-order valence-corrected chi connectivity index (χ4v) is 2.92. The summed E-state index contributed by atoms with van der Waals surface area (Å²) in [6.45, 7) is 3.47. The van der Waals surface area contributed by atoms with Crippen molar-refractivity contribution < 1.29 is 9.84 Å². The van der Waals surface area contributed by atoms with Gasteiger partial charge in [-0.2, -0.15) is 0 Å². The minimum absolute atomic E-state index is 0.377. The fraction of sp³-hybridized carbons (Fsp3) is 0.429. The largest absolute Gasteiger partial charge is 0.388 e. The summed E-state index contributed by atoms with van der Waals surface area (Å²) in [7, 11) is 0. The highest BCUT2D eigenvalue weighted by Crippen LogP contribution is 2.30. The second kappa shape index (κ2) is 6.15. The third-order valence-electron chi connectivity index (χ3n) is 2.84. The SMILES string of the molecule is CCOCCCC(O)c1cccc2ccsc12. The van der Waals surface area contributed by atoms with E-state index in [1.807, 2.05) is 19.1 Å². The van der Waals surface area contributed by atoms with Gasteiger partial charge in [-0.3, -0.25) is 0 Å². The van der Waals surface area contributed by atoms with Crippen molar-refractivity contribution in [3.8, 4) is 0 Å². The Morgan fingerprint density at radius 1 is 1.35 bits per heavy atom. The van der Waals surface area contributed by atoms with Gasteiger partial charge in [-0.05, 0) is 42.2 Å². The average molecular weight is 250 g/mol. The van der Waals surface area contributed by atoms with E-state index in [1.54, 1.807) is 11.3 Å². The molecule has 3 heteroatoms. The van der Waals surface area contributed by atoms with E-state index in [-0.39, 0.29) is 6.10 Å². The molecular formula is C14H18O2S. The van der Waals surface area contributed by atoms with Crippen LogP contribution in [0, 0.1) is 0 Å². The van der Waals surface area contributed by atoms with Crippen LogP contribution in [0.25, 0.3) is 10.1 Å². The van der Waals surface area contributed by atoms with Gasteiger partial charge in [-0.15, -0.1) is 11.3 Å². The first-order valence-electron chi connectivity index (χ1n) is 6.05. The molecule has 2 aromatic rings. The summed E-state index contributed by atoms with van der Waals surface area (Å²) in [5.41, 5.74) is 1.05. The summed E-state index contributed by atoms with van der Waals surface area (Å²) >= 11 is 1.69. The second-order valence-corrected chi connectivity index (χ2v) is 4.96. The molecule has 92 valence electrons. The van der Waals surface area contributed by atoms with Gasteiger partial charge in [0.05, 0.1) is 6.10 Å². The summed E-state index contributed by atoms with van der Waals surface area (Å²) in [5, 5.41) is 13.5. The summed E-state index contributed by atoms with van der Waals surface area (Å²) in [4.78, 5) is 0. The highest BCUT2D eigenvalue weighted by atomic mass is 32.1. The van der Waals surface area contributed by atoms with Gasteiger partial charge in [-0.25, -0.2) is 0 Å². The zero-order valence-electron chi connectivity index (χ0n) is 10.1. The molecule has 0 saturated heterocycles. The maximum atomic E-state index is 10.2. The minimum Gasteiger partial charge on any atom is -0.388 e. The number of ether oxygens (including phenoxy) is 1. The van der Waals surface area contributed by atoms with Crippen molar-refractivity contribution >= 4 is 21.4 Å². The minimum atomic E-state index is -0.377. The number of hydrogen-bond acceptors (Lipinski definition) is 3. The van der Waals surface area contributed by atoms with Gasteiger partial charge < -0.3 is 9.84 Å². The summed E-state index contributed by atoms with van der Waals surface area (Å²) in [6, 6.07) is 8.21. The molecule has 0 fully saturated rings. The Morgan fingerprint density at radius 3 is 3.06 bits per heavy atom. The molecule has 1 unspecified atom stereocenters. The Kier molecular flexibility index (Phi) is 4.54. The summed E-state index contributed by atoms with van der Waals surface area (Å²) in [6.07, 6.45) is 1.28. The van der Waals surface area contributed by atoms with E-state index in [9.17, 15) is 5.11 Å². The zero-order valence-corrected chi connectivity index (χ0v) is 10.9. The number of hydrogen-bond donors (Lipinski definition) is 1. The molecule has 0 bridgehead atoms. The Balaban J connectivity index is 2.03. The van der Waals surface area contributed by atoms with E-state index in [4.69, 9.17) is 4.74 Å². The van der Waals surface area contributed by atoms with Crippen molar-refractivity contribution in [2.45, 2.75) is 25.9 Å². The molecule has 0 aliphatic heterocycles. The van der Waals surface area contributed by atoms with Gasteiger partial charge in [0.1, 0.15) is 0 Å². The first-order chi connectivity index (χ1) is 8.33. The third-order valence-corrected chi connectivity index (χ3v) is 3.82. The lowest BCUT2D eigenvalue weighted by Crippen LogP contribution is -2.01. The van der Waals surface area contributed by atoms with E-state index in [0.717, 1.165) is 31.6 Å². The van der Waals surface area contributed by atoms with Crippen molar-refractivity contribution in [3.05, 3.63) is 35.2 Å². The molecule has 0 aliphatic rings. The van der Waals surface area contributed by atoms with Crippen LogP contribution < -0.4 is 0 Å². The Hall–Kier alpha value is -0.900. The number of benzene rings is 1. The monoisotopic (exact) mass is 250 g/mol. The van der Waals surface area contributed by atoms with Gasteiger partial charge in [-0.1, -0.05) is 18.2 Å². The van der Waals surface area contributed by atoms with E-state index >= 15 is 0 Å². The van der Waals surface area contributed by atoms with E-state index in [0.29, 0.717) is 0 Å². The molecule has 1 aromatic heterocycles. The van der Waals surface area contributed by atoms with Crippen LogP contribution in [0.3, 0.4) is 0 Å². The molecule has 1 N–H and O–H groups in total. The molecular weight excluding hydrogens is 232 g/mol. The first kappa shape index (κ1) is 12.6. The van der Waals surface area contributed by atoms with Crippen molar-refractivity contribution in [2.24, 2.45) is 0 Å². The van der Waals surface area contributed by atoms with Crippen LogP contribution in [0.15, 0.2) is 29.6 Å². The maximum Gasteiger partial charge on any atom is 0.0804 e. The Morgan fingerprint density at radius 2 is 2.24 bits per heavy atom. The van der Waals surface area contributed by atoms with E-state index < -0.39 is 0 Å². The van der Waals surface area contributed by atoms with Gasteiger partial charge >= 0.3 is 0 Å². The van der Waals surface area contributed by atoms with Crippen LogP contribution in [0.1, 0.15) is 31.4 Å². The molecule has 1 aromatic carbocycles. The smallest absolute Gasteiger partial charge is 0.0804 e. The van der Waals surface area contributed by atoms with Gasteiger partial charge in [0, 0.05) is 17.9 Å². The van der Waals surface area contributed by atoms with Crippen LogP contribution in [-0.4, -0.2) is 18.3 Å². The van der Waals surface area contributed by atoms with E-state index in [2.05, 4.69) is 17.5 Å². The van der Waals surface area contributed by atoms with Crippen molar-refractivity contribution in [2.75, 3.05) is 13.2 Å². The first-order valence-corrected chi connectivity index (χ1v) is 6.93. The predicted molar refractivity (Wildman–Crippen MR) is 72.5 cm³/mol. The molecule has 2 rings (SSSR count). The number of aliphatic hydroxyl groups is 1. The Bertz CT molecular complexity index is 464. The highest BCUT2D eigenvalue weighted by Gasteiger charge is 2.11.